The van der Waals surface area contributed by atoms with Gasteiger partial charge >= 0.3 is 6.18 Å². The molecule has 1 rings (SSSR count). The summed E-state index contributed by atoms with van der Waals surface area (Å²) >= 11 is 3.08. The molecule has 84 valence electrons. The number of nitrogens with two attached hydrogens (primary N) is 1. The molecule has 1 atom stereocenters. The fourth-order valence-corrected chi connectivity index (χ4v) is 1.64. The first kappa shape index (κ1) is 12.5. The summed E-state index contributed by atoms with van der Waals surface area (Å²) in [6.45, 7) is -0.403. The normalized spacial score (nSPS) is 14.0. The van der Waals surface area contributed by atoms with Crippen molar-refractivity contribution in [2.24, 2.45) is 5.73 Å². The molecule has 0 spiro atoms. The molecule has 0 saturated carbocycles. The molecule has 2 nitrogen and oxygen atoms in total. The summed E-state index contributed by atoms with van der Waals surface area (Å²) in [5, 5.41) is 8.78. The highest BCUT2D eigenvalue weighted by molar-refractivity contribution is 9.10. The lowest BCUT2D eigenvalue weighted by Crippen LogP contribution is -2.16. The van der Waals surface area contributed by atoms with Crippen LogP contribution in [0.25, 0.3) is 0 Å². The molecule has 0 radical (unpaired) electrons. The molecule has 0 saturated heterocycles. The largest absolute Gasteiger partial charge is 0.416 e. The van der Waals surface area contributed by atoms with Gasteiger partial charge in [-0.3, -0.25) is 0 Å². The second kappa shape index (κ2) is 4.51. The number of hydrogen-bond acceptors (Lipinski definition) is 2. The lowest BCUT2D eigenvalue weighted by molar-refractivity contribution is -0.137. The number of aliphatic hydroxyl groups is 1. The monoisotopic (exact) mass is 283 g/mol. The van der Waals surface area contributed by atoms with Gasteiger partial charge in [-0.1, -0.05) is 15.9 Å². The minimum absolute atomic E-state index is 0.243. The fourth-order valence-electron chi connectivity index (χ4n) is 1.10. The Bertz CT molecular complexity index is 354. The Balaban J connectivity index is 3.17. The first-order valence-corrected chi connectivity index (χ1v) is 4.88. The van der Waals surface area contributed by atoms with Gasteiger partial charge in [-0.15, -0.1) is 0 Å². The standard InChI is InChI=1S/C9H9BrF3NO/c10-7-2-1-5(9(11,12)13)3-6(7)8(14)4-15/h1-3,8,15H,4,14H2. The summed E-state index contributed by atoms with van der Waals surface area (Å²) in [6, 6.07) is 2.35. The van der Waals surface area contributed by atoms with Crippen LogP contribution < -0.4 is 5.73 Å². The van der Waals surface area contributed by atoms with Crippen LogP contribution in [0.4, 0.5) is 13.2 Å². The zero-order valence-corrected chi connectivity index (χ0v) is 9.14. The van der Waals surface area contributed by atoms with Gasteiger partial charge in [0.2, 0.25) is 0 Å². The van der Waals surface area contributed by atoms with Crippen LogP contribution in [0.5, 0.6) is 0 Å². The maximum absolute atomic E-state index is 12.3. The zero-order chi connectivity index (χ0) is 11.6. The molecule has 6 heteroatoms. The number of halogens is 4. The molecule has 1 aromatic rings. The van der Waals surface area contributed by atoms with Crippen molar-refractivity contribution in [1.29, 1.82) is 0 Å². The Kier molecular flexibility index (Phi) is 3.75. The highest BCUT2D eigenvalue weighted by Crippen LogP contribution is 2.33. The second-order valence-electron chi connectivity index (χ2n) is 3.02. The topological polar surface area (TPSA) is 46.2 Å². The molecule has 0 aliphatic heterocycles. The number of hydrogen-bond donors (Lipinski definition) is 2. The minimum atomic E-state index is -4.40. The third-order valence-electron chi connectivity index (χ3n) is 1.92. The smallest absolute Gasteiger partial charge is 0.394 e. The third kappa shape index (κ3) is 2.93. The Morgan fingerprint density at radius 1 is 1.40 bits per heavy atom. The van der Waals surface area contributed by atoms with E-state index in [2.05, 4.69) is 15.9 Å². The van der Waals surface area contributed by atoms with Gasteiger partial charge in [0, 0.05) is 4.47 Å². The average Bonchev–Trinajstić information content (AvgIpc) is 2.15. The van der Waals surface area contributed by atoms with Gasteiger partial charge in [-0.2, -0.15) is 13.2 Å². The lowest BCUT2D eigenvalue weighted by atomic mass is 10.1. The Morgan fingerprint density at radius 2 is 2.00 bits per heavy atom. The molecular weight excluding hydrogens is 275 g/mol. The summed E-state index contributed by atoms with van der Waals surface area (Å²) in [6.07, 6.45) is -4.40. The van der Waals surface area contributed by atoms with Crippen LogP contribution in [-0.4, -0.2) is 11.7 Å². The summed E-state index contributed by atoms with van der Waals surface area (Å²) < 4.78 is 37.5. The molecule has 1 unspecified atom stereocenters. The summed E-state index contributed by atoms with van der Waals surface area (Å²) in [7, 11) is 0. The molecule has 15 heavy (non-hydrogen) atoms. The molecule has 0 heterocycles. The number of benzene rings is 1. The first-order valence-electron chi connectivity index (χ1n) is 4.09. The Hall–Kier alpha value is -0.590. The van der Waals surface area contributed by atoms with E-state index in [1.807, 2.05) is 0 Å². The number of aliphatic hydroxyl groups excluding tert-OH is 1. The van der Waals surface area contributed by atoms with E-state index in [-0.39, 0.29) is 5.56 Å². The van der Waals surface area contributed by atoms with Crippen molar-refractivity contribution >= 4 is 15.9 Å². The van der Waals surface area contributed by atoms with Gasteiger partial charge in [-0.05, 0) is 23.8 Å². The van der Waals surface area contributed by atoms with Crippen LogP contribution >= 0.6 is 15.9 Å². The molecule has 0 fully saturated rings. The van der Waals surface area contributed by atoms with Crippen LogP contribution in [0.3, 0.4) is 0 Å². The average molecular weight is 284 g/mol. The van der Waals surface area contributed by atoms with Crippen molar-refractivity contribution in [2.75, 3.05) is 6.61 Å². The molecule has 3 N–H and O–H groups in total. The number of alkyl halides is 3. The predicted octanol–water partition coefficient (Wildman–Crippen LogP) is 2.46. The van der Waals surface area contributed by atoms with Crippen molar-refractivity contribution in [1.82, 2.24) is 0 Å². The molecular formula is C9H9BrF3NO. The van der Waals surface area contributed by atoms with Gasteiger partial charge in [0.15, 0.2) is 0 Å². The Labute approximate surface area is 93.0 Å². The van der Waals surface area contributed by atoms with Crippen LogP contribution in [-0.2, 0) is 6.18 Å². The Morgan fingerprint density at radius 3 is 2.47 bits per heavy atom. The van der Waals surface area contributed by atoms with Crippen LogP contribution in [0.1, 0.15) is 17.2 Å². The van der Waals surface area contributed by atoms with Crippen LogP contribution in [0, 0.1) is 0 Å². The molecule has 0 amide bonds. The summed E-state index contributed by atoms with van der Waals surface area (Å²) in [5.41, 5.74) is 4.93. The van der Waals surface area contributed by atoms with Crippen molar-refractivity contribution in [2.45, 2.75) is 12.2 Å². The van der Waals surface area contributed by atoms with E-state index >= 15 is 0 Å². The van der Waals surface area contributed by atoms with E-state index in [1.165, 1.54) is 6.07 Å². The third-order valence-corrected chi connectivity index (χ3v) is 2.64. The van der Waals surface area contributed by atoms with Gasteiger partial charge in [-0.25, -0.2) is 0 Å². The minimum Gasteiger partial charge on any atom is -0.394 e. The lowest BCUT2D eigenvalue weighted by Gasteiger charge is -2.14. The van der Waals surface area contributed by atoms with E-state index in [0.717, 1.165) is 12.1 Å². The highest BCUT2D eigenvalue weighted by Gasteiger charge is 2.31. The van der Waals surface area contributed by atoms with Gasteiger partial charge < -0.3 is 10.8 Å². The van der Waals surface area contributed by atoms with Gasteiger partial charge in [0.25, 0.3) is 0 Å². The number of rotatable bonds is 2. The van der Waals surface area contributed by atoms with E-state index in [4.69, 9.17) is 10.8 Å². The highest BCUT2D eigenvalue weighted by atomic mass is 79.9. The van der Waals surface area contributed by atoms with Crippen LogP contribution in [0.15, 0.2) is 22.7 Å². The van der Waals surface area contributed by atoms with E-state index in [9.17, 15) is 13.2 Å². The van der Waals surface area contributed by atoms with Crippen molar-refractivity contribution < 1.29 is 18.3 Å². The summed E-state index contributed by atoms with van der Waals surface area (Å²) in [5.74, 6) is 0. The maximum atomic E-state index is 12.3. The first-order chi connectivity index (χ1) is 6.86. The summed E-state index contributed by atoms with van der Waals surface area (Å²) in [4.78, 5) is 0. The van der Waals surface area contributed by atoms with Gasteiger partial charge in [0.05, 0.1) is 18.2 Å². The maximum Gasteiger partial charge on any atom is 0.416 e. The zero-order valence-electron chi connectivity index (χ0n) is 7.55. The molecule has 0 aliphatic rings. The van der Waals surface area contributed by atoms with E-state index < -0.39 is 24.4 Å². The molecule has 0 aliphatic carbocycles. The molecule has 0 bridgehead atoms. The van der Waals surface area contributed by atoms with Gasteiger partial charge in [0.1, 0.15) is 0 Å². The van der Waals surface area contributed by atoms with Crippen molar-refractivity contribution in [3.8, 4) is 0 Å². The van der Waals surface area contributed by atoms with Crippen molar-refractivity contribution in [3.05, 3.63) is 33.8 Å². The van der Waals surface area contributed by atoms with Crippen molar-refractivity contribution in [3.63, 3.8) is 0 Å². The predicted molar refractivity (Wildman–Crippen MR) is 53.2 cm³/mol. The quantitative estimate of drug-likeness (QED) is 0.876. The molecule has 0 aromatic heterocycles. The molecule has 1 aromatic carbocycles. The fraction of sp³-hybridized carbons (Fsp3) is 0.333. The van der Waals surface area contributed by atoms with Crippen LogP contribution in [0.2, 0.25) is 0 Å². The SMILES string of the molecule is NC(CO)c1cc(C(F)(F)F)ccc1Br. The van der Waals surface area contributed by atoms with E-state index in [1.54, 1.807) is 0 Å². The van der Waals surface area contributed by atoms with E-state index in [0.29, 0.717) is 4.47 Å². The second-order valence-corrected chi connectivity index (χ2v) is 3.88.